The SMILES string of the molecule is CC(C)(C)C12C3CCC4C3C3C(CCC31)C42. The molecule has 6 aliphatic carbocycles. The van der Waals surface area contributed by atoms with Crippen LogP contribution in [0.1, 0.15) is 46.5 Å². The van der Waals surface area contributed by atoms with Gasteiger partial charge in [0, 0.05) is 0 Å². The predicted molar refractivity (Wildman–Crippen MR) is 64.8 cm³/mol. The van der Waals surface area contributed by atoms with E-state index in [1.165, 1.54) is 29.6 Å². The normalized spacial score (nSPS) is 68.8. The molecule has 0 amide bonds. The summed E-state index contributed by atoms with van der Waals surface area (Å²) < 4.78 is 0. The van der Waals surface area contributed by atoms with Crippen molar-refractivity contribution < 1.29 is 0 Å². The van der Waals surface area contributed by atoms with Crippen LogP contribution in [-0.2, 0) is 0 Å². The minimum absolute atomic E-state index is 0.588. The minimum Gasteiger partial charge on any atom is -0.0596 e. The van der Waals surface area contributed by atoms with Gasteiger partial charge in [-0.15, -0.1) is 0 Å². The van der Waals surface area contributed by atoms with Gasteiger partial charge in [-0.1, -0.05) is 20.8 Å². The van der Waals surface area contributed by atoms with Gasteiger partial charge in [-0.2, -0.15) is 0 Å². The zero-order chi connectivity index (χ0) is 10.9. The highest BCUT2D eigenvalue weighted by Gasteiger charge is 2.85. The quantitative estimate of drug-likeness (QED) is 0.575. The molecule has 88 valence electrons. The molecule has 6 atom stereocenters. The molecule has 0 saturated heterocycles. The van der Waals surface area contributed by atoms with Gasteiger partial charge >= 0.3 is 0 Å². The lowest BCUT2D eigenvalue weighted by molar-refractivity contribution is -0.0746. The molecule has 6 fully saturated rings. The van der Waals surface area contributed by atoms with Gasteiger partial charge in [0.1, 0.15) is 0 Å². The predicted octanol–water partition coefficient (Wildman–Crippen LogP) is 3.96. The van der Waals surface area contributed by atoms with Crippen LogP contribution in [-0.4, -0.2) is 0 Å². The van der Waals surface area contributed by atoms with E-state index in [0.717, 1.165) is 17.3 Å². The molecule has 8 bridgehead atoms. The molecule has 6 unspecified atom stereocenters. The monoisotopic (exact) mass is 216 g/mol. The number of rotatable bonds is 0. The van der Waals surface area contributed by atoms with E-state index in [0.29, 0.717) is 5.41 Å². The Morgan fingerprint density at radius 2 is 1.31 bits per heavy atom. The fourth-order valence-corrected chi connectivity index (χ4v) is 8.58. The first-order valence-corrected chi connectivity index (χ1v) is 7.58. The number of hydrogen-bond donors (Lipinski definition) is 0. The highest BCUT2D eigenvalue weighted by Crippen LogP contribution is 2.90. The zero-order valence-corrected chi connectivity index (χ0v) is 10.9. The van der Waals surface area contributed by atoms with Crippen molar-refractivity contribution >= 4 is 0 Å². The van der Waals surface area contributed by atoms with Crippen LogP contribution in [0.3, 0.4) is 0 Å². The summed E-state index contributed by atoms with van der Waals surface area (Å²) in [5.41, 5.74) is 1.40. The summed E-state index contributed by atoms with van der Waals surface area (Å²) in [6.45, 7) is 7.71. The third-order valence-corrected chi connectivity index (χ3v) is 7.98. The van der Waals surface area contributed by atoms with E-state index in [2.05, 4.69) is 20.8 Å². The molecule has 16 heavy (non-hydrogen) atoms. The summed E-state index contributed by atoms with van der Waals surface area (Å²) >= 11 is 0. The smallest absolute Gasteiger partial charge is 0.0153 e. The summed E-state index contributed by atoms with van der Waals surface area (Å²) in [5, 5.41) is 0. The molecule has 0 heteroatoms. The molecule has 0 radical (unpaired) electrons. The Labute approximate surface area is 99.2 Å². The van der Waals surface area contributed by atoms with Crippen LogP contribution in [0.15, 0.2) is 0 Å². The summed E-state index contributed by atoms with van der Waals surface area (Å²) in [6, 6.07) is 0. The van der Waals surface area contributed by atoms with E-state index in [-0.39, 0.29) is 0 Å². The van der Waals surface area contributed by atoms with E-state index in [9.17, 15) is 0 Å². The molecule has 6 aliphatic rings. The summed E-state index contributed by atoms with van der Waals surface area (Å²) in [4.78, 5) is 0. The molecule has 0 aromatic carbocycles. The maximum absolute atomic E-state index is 2.57. The van der Waals surface area contributed by atoms with Crippen molar-refractivity contribution in [2.24, 2.45) is 52.3 Å². The summed E-state index contributed by atoms with van der Waals surface area (Å²) in [5.74, 6) is 8.30. The van der Waals surface area contributed by atoms with E-state index in [1.807, 2.05) is 0 Å². The van der Waals surface area contributed by atoms with Crippen LogP contribution < -0.4 is 0 Å². The van der Waals surface area contributed by atoms with Crippen molar-refractivity contribution in [1.29, 1.82) is 0 Å². The second kappa shape index (κ2) is 2.15. The Balaban J connectivity index is 1.79. The molecule has 0 aromatic rings. The van der Waals surface area contributed by atoms with Crippen LogP contribution >= 0.6 is 0 Å². The van der Waals surface area contributed by atoms with Crippen molar-refractivity contribution in [3.8, 4) is 0 Å². The lowest BCUT2D eigenvalue weighted by Gasteiger charge is -2.55. The first-order valence-electron chi connectivity index (χ1n) is 7.58. The van der Waals surface area contributed by atoms with Crippen LogP contribution in [0.4, 0.5) is 0 Å². The fraction of sp³-hybridized carbons (Fsp3) is 1.00. The third kappa shape index (κ3) is 0.560. The van der Waals surface area contributed by atoms with Gasteiger partial charge < -0.3 is 0 Å². The highest BCUT2D eigenvalue weighted by atomic mass is 14.9. The Morgan fingerprint density at radius 3 is 1.69 bits per heavy atom. The van der Waals surface area contributed by atoms with Crippen LogP contribution in [0.5, 0.6) is 0 Å². The van der Waals surface area contributed by atoms with Crippen LogP contribution in [0.2, 0.25) is 0 Å². The van der Waals surface area contributed by atoms with Gasteiger partial charge in [-0.25, -0.2) is 0 Å². The molecule has 0 aromatic heterocycles. The maximum atomic E-state index is 2.57. The second-order valence-corrected chi connectivity index (χ2v) is 8.56. The Bertz CT molecular complexity index is 348. The molecule has 0 N–H and O–H groups in total. The van der Waals surface area contributed by atoms with Crippen molar-refractivity contribution in [1.82, 2.24) is 0 Å². The first kappa shape index (κ1) is 9.00. The minimum atomic E-state index is 0.588. The molecule has 0 nitrogen and oxygen atoms in total. The van der Waals surface area contributed by atoms with Gasteiger partial charge in [0.2, 0.25) is 0 Å². The molecule has 6 rings (SSSR count). The van der Waals surface area contributed by atoms with Gasteiger partial charge in [0.25, 0.3) is 0 Å². The number of hydrogen-bond acceptors (Lipinski definition) is 0. The van der Waals surface area contributed by atoms with Crippen molar-refractivity contribution in [3.63, 3.8) is 0 Å². The average Bonchev–Trinajstić information content (AvgIpc) is 2.96. The Hall–Kier alpha value is 0. The average molecular weight is 216 g/mol. The highest BCUT2D eigenvalue weighted by molar-refractivity contribution is 5.32. The first-order chi connectivity index (χ1) is 7.58. The lowest BCUT2D eigenvalue weighted by Crippen LogP contribution is -2.50. The van der Waals surface area contributed by atoms with Gasteiger partial charge in [-0.3, -0.25) is 0 Å². The van der Waals surface area contributed by atoms with E-state index in [4.69, 9.17) is 0 Å². The van der Waals surface area contributed by atoms with Crippen molar-refractivity contribution in [3.05, 3.63) is 0 Å². The van der Waals surface area contributed by atoms with Gasteiger partial charge in [-0.05, 0) is 77.9 Å². The van der Waals surface area contributed by atoms with E-state index in [1.54, 1.807) is 25.7 Å². The second-order valence-electron chi connectivity index (χ2n) is 8.56. The maximum Gasteiger partial charge on any atom is -0.0153 e. The standard InChI is InChI=1S/C16H24/c1-15(2,3)16-10-6-4-8-12(10)13-9(14(8)16)5-7-11(13)16/h8-14H,4-7H2,1-3H3. The lowest BCUT2D eigenvalue weighted by atomic mass is 9.49. The van der Waals surface area contributed by atoms with E-state index < -0.39 is 0 Å². The third-order valence-electron chi connectivity index (χ3n) is 7.98. The molecule has 0 heterocycles. The summed E-state index contributed by atoms with van der Waals surface area (Å²) in [6.07, 6.45) is 6.42. The summed E-state index contributed by atoms with van der Waals surface area (Å²) in [7, 11) is 0. The van der Waals surface area contributed by atoms with Crippen molar-refractivity contribution in [2.75, 3.05) is 0 Å². The van der Waals surface area contributed by atoms with Crippen LogP contribution in [0, 0.1) is 52.3 Å². The molecule has 6 saturated carbocycles. The Morgan fingerprint density at radius 1 is 0.812 bits per heavy atom. The molecule has 0 spiro atoms. The largest absolute Gasteiger partial charge is 0.0596 e. The zero-order valence-electron chi connectivity index (χ0n) is 10.9. The van der Waals surface area contributed by atoms with Gasteiger partial charge in [0.15, 0.2) is 0 Å². The van der Waals surface area contributed by atoms with Crippen LogP contribution in [0.25, 0.3) is 0 Å². The topological polar surface area (TPSA) is 0 Å². The fourth-order valence-electron chi connectivity index (χ4n) is 8.58. The molecular weight excluding hydrogens is 192 g/mol. The van der Waals surface area contributed by atoms with Crippen molar-refractivity contribution in [2.45, 2.75) is 46.5 Å². The molecule has 0 aliphatic heterocycles. The Kier molecular flexibility index (Phi) is 1.21. The van der Waals surface area contributed by atoms with Gasteiger partial charge in [0.05, 0.1) is 0 Å². The molecular formula is C16H24. The van der Waals surface area contributed by atoms with E-state index >= 15 is 0 Å².